The predicted molar refractivity (Wildman–Crippen MR) is 79.5 cm³/mol. The van der Waals surface area contributed by atoms with E-state index in [0.29, 0.717) is 11.0 Å². The summed E-state index contributed by atoms with van der Waals surface area (Å²) in [6.07, 6.45) is 0.813. The second kappa shape index (κ2) is 5.09. The fourth-order valence-corrected chi connectivity index (χ4v) is 2.11. The zero-order valence-electron chi connectivity index (χ0n) is 11.8. The van der Waals surface area contributed by atoms with Gasteiger partial charge in [0.1, 0.15) is 11.0 Å². The summed E-state index contributed by atoms with van der Waals surface area (Å²) in [5, 5.41) is 3.54. The van der Waals surface area contributed by atoms with Crippen LogP contribution >= 0.6 is 0 Å². The van der Waals surface area contributed by atoms with E-state index < -0.39 is 0 Å². The van der Waals surface area contributed by atoms with Crippen molar-refractivity contribution in [2.24, 2.45) is 0 Å². The minimum Gasteiger partial charge on any atom is -0.425 e. The largest absolute Gasteiger partial charge is 0.425 e. The van der Waals surface area contributed by atoms with Crippen molar-refractivity contribution in [1.82, 2.24) is 5.32 Å². The van der Waals surface area contributed by atoms with E-state index in [0.717, 1.165) is 6.42 Å². The lowest BCUT2D eigenvalue weighted by molar-refractivity contribution is 0.0911. The molecule has 0 fully saturated rings. The van der Waals surface area contributed by atoms with Crippen LogP contribution in [-0.4, -0.2) is 11.9 Å². The molecule has 1 amide bonds. The molecule has 3 aromatic rings. The van der Waals surface area contributed by atoms with Gasteiger partial charge in [-0.15, -0.1) is 0 Å². The Hall–Kier alpha value is -2.56. The quantitative estimate of drug-likeness (QED) is 0.802. The first-order valence-corrected chi connectivity index (χ1v) is 6.86. The molecule has 1 unspecified atom stereocenters. The molecule has 0 bridgehead atoms. The molecule has 5 heteroatoms. The highest BCUT2D eigenvalue weighted by atomic mass is 16.5. The molecule has 1 N–H and O–H groups in total. The number of benzene rings is 1. The van der Waals surface area contributed by atoms with Gasteiger partial charge in [-0.3, -0.25) is 9.59 Å². The van der Waals surface area contributed by atoms with Crippen LogP contribution in [0.25, 0.3) is 22.1 Å². The lowest BCUT2D eigenvalue weighted by Crippen LogP contribution is -2.31. The normalized spacial score (nSPS) is 12.7. The second-order valence-corrected chi connectivity index (χ2v) is 5.02. The smallest absolute Gasteiger partial charge is 0.302 e. The molecule has 2 heterocycles. The van der Waals surface area contributed by atoms with Gasteiger partial charge in [-0.05, 0) is 25.5 Å². The Labute approximate surface area is 120 Å². The van der Waals surface area contributed by atoms with E-state index in [1.54, 1.807) is 24.3 Å². The minimum absolute atomic E-state index is 0.0356. The summed E-state index contributed by atoms with van der Waals surface area (Å²) in [6, 6.07) is 8.39. The Morgan fingerprint density at radius 2 is 2.00 bits per heavy atom. The lowest BCUT2D eigenvalue weighted by atomic mass is 10.2. The van der Waals surface area contributed by atoms with Crippen molar-refractivity contribution in [1.29, 1.82) is 0 Å². The van der Waals surface area contributed by atoms with Crippen molar-refractivity contribution in [2.75, 3.05) is 0 Å². The van der Waals surface area contributed by atoms with Gasteiger partial charge in [0, 0.05) is 12.1 Å². The topological polar surface area (TPSA) is 72.5 Å². The fraction of sp³-hybridized carbons (Fsp3) is 0.250. The van der Waals surface area contributed by atoms with Crippen molar-refractivity contribution in [3.05, 3.63) is 46.3 Å². The molecule has 108 valence electrons. The summed E-state index contributed by atoms with van der Waals surface area (Å²) >= 11 is 0. The summed E-state index contributed by atoms with van der Waals surface area (Å²) in [5.74, 6) is -0.186. The van der Waals surface area contributed by atoms with E-state index in [-0.39, 0.29) is 34.3 Å². The number of para-hydroxylation sites is 1. The first-order valence-electron chi connectivity index (χ1n) is 6.86. The molecule has 5 nitrogen and oxygen atoms in total. The number of carbonyl (C=O) groups excluding carboxylic acids is 1. The number of hydrogen-bond acceptors (Lipinski definition) is 4. The van der Waals surface area contributed by atoms with Gasteiger partial charge in [0.05, 0.1) is 5.39 Å². The Bertz CT molecular complexity index is 875. The SMILES string of the molecule is CCC(C)NC(=O)c1cc2c(=O)c3ccccc3oc2o1. The molecule has 1 aromatic carbocycles. The molecular weight excluding hydrogens is 270 g/mol. The highest BCUT2D eigenvalue weighted by Gasteiger charge is 2.18. The number of carbonyl (C=O) groups is 1. The third-order valence-electron chi connectivity index (χ3n) is 3.49. The van der Waals surface area contributed by atoms with Crippen LogP contribution in [0.15, 0.2) is 44.0 Å². The number of rotatable bonds is 3. The Morgan fingerprint density at radius 3 is 2.76 bits per heavy atom. The minimum atomic E-state index is -0.348. The van der Waals surface area contributed by atoms with Crippen LogP contribution in [-0.2, 0) is 0 Å². The van der Waals surface area contributed by atoms with Crippen molar-refractivity contribution < 1.29 is 13.6 Å². The molecule has 3 rings (SSSR count). The molecule has 0 aliphatic carbocycles. The van der Waals surface area contributed by atoms with Crippen LogP contribution < -0.4 is 10.7 Å². The van der Waals surface area contributed by atoms with Gasteiger partial charge in [0.25, 0.3) is 5.91 Å². The summed E-state index contributed by atoms with van der Waals surface area (Å²) in [4.78, 5) is 24.4. The number of hydrogen-bond donors (Lipinski definition) is 1. The van der Waals surface area contributed by atoms with Crippen LogP contribution in [0.4, 0.5) is 0 Å². The molecular formula is C16H15NO4. The van der Waals surface area contributed by atoms with Crippen molar-refractivity contribution >= 4 is 28.0 Å². The van der Waals surface area contributed by atoms with Gasteiger partial charge < -0.3 is 14.2 Å². The number of furan rings is 1. The summed E-state index contributed by atoms with van der Waals surface area (Å²) in [5.41, 5.74) is 0.247. The third-order valence-corrected chi connectivity index (χ3v) is 3.49. The number of nitrogens with one attached hydrogen (secondary N) is 1. The van der Waals surface area contributed by atoms with Crippen LogP contribution in [0, 0.1) is 0 Å². The van der Waals surface area contributed by atoms with Gasteiger partial charge >= 0.3 is 5.78 Å². The summed E-state index contributed by atoms with van der Waals surface area (Å²) < 4.78 is 10.9. The third kappa shape index (κ3) is 2.31. The van der Waals surface area contributed by atoms with Crippen LogP contribution in [0.5, 0.6) is 0 Å². The van der Waals surface area contributed by atoms with E-state index in [4.69, 9.17) is 8.83 Å². The van der Waals surface area contributed by atoms with Gasteiger partial charge in [-0.25, -0.2) is 0 Å². The molecule has 1 atom stereocenters. The van der Waals surface area contributed by atoms with E-state index in [2.05, 4.69) is 5.32 Å². The molecule has 0 radical (unpaired) electrons. The monoisotopic (exact) mass is 285 g/mol. The van der Waals surface area contributed by atoms with Gasteiger partial charge in [0.2, 0.25) is 5.43 Å². The highest BCUT2D eigenvalue weighted by molar-refractivity contribution is 5.97. The van der Waals surface area contributed by atoms with E-state index in [1.165, 1.54) is 6.07 Å². The predicted octanol–water partition coefficient (Wildman–Crippen LogP) is 3.07. The Kier molecular flexibility index (Phi) is 3.25. The van der Waals surface area contributed by atoms with E-state index in [1.807, 2.05) is 13.8 Å². The first kappa shape index (κ1) is 13.4. The maximum absolute atomic E-state index is 12.4. The average Bonchev–Trinajstić information content (AvgIpc) is 2.91. The zero-order valence-corrected chi connectivity index (χ0v) is 11.8. The molecule has 0 saturated heterocycles. The molecule has 0 spiro atoms. The average molecular weight is 285 g/mol. The molecule has 2 aromatic heterocycles. The van der Waals surface area contributed by atoms with Crippen LogP contribution in [0.1, 0.15) is 30.8 Å². The Morgan fingerprint density at radius 1 is 1.24 bits per heavy atom. The molecule has 0 saturated carbocycles. The maximum Gasteiger partial charge on any atom is 0.302 e. The lowest BCUT2D eigenvalue weighted by Gasteiger charge is -2.08. The maximum atomic E-state index is 12.4. The Balaban J connectivity index is 2.12. The number of amides is 1. The standard InChI is InChI=1S/C16H15NO4/c1-3-9(2)17-15(19)13-8-11-14(18)10-6-4-5-7-12(10)20-16(11)21-13/h4-9H,3H2,1-2H3,(H,17,19). The van der Waals surface area contributed by atoms with E-state index in [9.17, 15) is 9.59 Å². The summed E-state index contributed by atoms with van der Waals surface area (Å²) in [7, 11) is 0. The molecule has 0 aliphatic heterocycles. The first-order chi connectivity index (χ1) is 10.1. The van der Waals surface area contributed by atoms with Gasteiger partial charge in [0.15, 0.2) is 5.76 Å². The van der Waals surface area contributed by atoms with Crippen LogP contribution in [0.2, 0.25) is 0 Å². The molecule has 0 aliphatic rings. The van der Waals surface area contributed by atoms with Crippen molar-refractivity contribution in [3.63, 3.8) is 0 Å². The van der Waals surface area contributed by atoms with Crippen molar-refractivity contribution in [2.45, 2.75) is 26.3 Å². The second-order valence-electron chi connectivity index (χ2n) is 5.02. The summed E-state index contributed by atoms with van der Waals surface area (Å²) in [6.45, 7) is 3.87. The van der Waals surface area contributed by atoms with Crippen LogP contribution in [0.3, 0.4) is 0 Å². The van der Waals surface area contributed by atoms with Gasteiger partial charge in [-0.1, -0.05) is 19.1 Å². The highest BCUT2D eigenvalue weighted by Crippen LogP contribution is 2.21. The van der Waals surface area contributed by atoms with E-state index >= 15 is 0 Å². The van der Waals surface area contributed by atoms with Gasteiger partial charge in [-0.2, -0.15) is 0 Å². The fourth-order valence-electron chi connectivity index (χ4n) is 2.11. The molecule has 21 heavy (non-hydrogen) atoms. The zero-order chi connectivity index (χ0) is 15.0. The van der Waals surface area contributed by atoms with Crippen molar-refractivity contribution in [3.8, 4) is 0 Å². The number of fused-ring (bicyclic) bond motifs is 2.